The largest absolute Gasteiger partial charge is 0.464 e. The van der Waals surface area contributed by atoms with Crippen LogP contribution in [-0.4, -0.2) is 29.0 Å². The Morgan fingerprint density at radius 2 is 1.85 bits per heavy atom. The Kier molecular flexibility index (Phi) is 4.39. The van der Waals surface area contributed by atoms with Crippen LogP contribution in [0.2, 0.25) is 0 Å². The van der Waals surface area contributed by atoms with Gasteiger partial charge in [-0.25, -0.2) is 9.78 Å². The van der Waals surface area contributed by atoms with Crippen LogP contribution in [0.5, 0.6) is 0 Å². The second kappa shape index (κ2) is 6.42. The van der Waals surface area contributed by atoms with Crippen LogP contribution in [0, 0.1) is 0 Å². The molecule has 0 bridgehead atoms. The number of nitrogens with one attached hydrogen (secondary N) is 1. The van der Waals surface area contributed by atoms with Crippen molar-refractivity contribution >= 4 is 11.9 Å². The number of esters is 1. The molecule has 6 heteroatoms. The number of pyridine rings is 2. The van der Waals surface area contributed by atoms with Crippen molar-refractivity contribution in [2.45, 2.75) is 6.54 Å². The van der Waals surface area contributed by atoms with Crippen molar-refractivity contribution in [2.75, 3.05) is 7.11 Å². The lowest BCUT2D eigenvalue weighted by Crippen LogP contribution is -2.24. The van der Waals surface area contributed by atoms with Crippen molar-refractivity contribution in [1.82, 2.24) is 15.3 Å². The van der Waals surface area contributed by atoms with Crippen LogP contribution < -0.4 is 5.32 Å². The monoisotopic (exact) mass is 271 g/mol. The zero-order valence-electron chi connectivity index (χ0n) is 10.9. The van der Waals surface area contributed by atoms with Crippen LogP contribution in [-0.2, 0) is 11.3 Å². The molecule has 2 aromatic heterocycles. The first-order valence-electron chi connectivity index (χ1n) is 5.93. The maximum absolute atomic E-state index is 11.9. The molecule has 2 aromatic rings. The number of amides is 1. The molecule has 102 valence electrons. The van der Waals surface area contributed by atoms with Crippen molar-refractivity contribution in [3.8, 4) is 0 Å². The van der Waals surface area contributed by atoms with E-state index in [0.717, 1.165) is 5.56 Å². The highest BCUT2D eigenvalue weighted by molar-refractivity contribution is 5.94. The Bertz CT molecular complexity index is 614. The summed E-state index contributed by atoms with van der Waals surface area (Å²) in [4.78, 5) is 31.1. The highest BCUT2D eigenvalue weighted by atomic mass is 16.5. The molecule has 1 amide bonds. The summed E-state index contributed by atoms with van der Waals surface area (Å²) in [5.74, 6) is -0.929. The van der Waals surface area contributed by atoms with Gasteiger partial charge in [0, 0.05) is 18.9 Å². The van der Waals surface area contributed by atoms with Crippen LogP contribution in [0.4, 0.5) is 0 Å². The van der Waals surface area contributed by atoms with Crippen molar-refractivity contribution in [2.24, 2.45) is 0 Å². The Hall–Kier alpha value is -2.76. The van der Waals surface area contributed by atoms with Gasteiger partial charge in [-0.2, -0.15) is 0 Å². The predicted octanol–water partition coefficient (Wildman–Crippen LogP) is 1.19. The molecule has 1 N–H and O–H groups in total. The third-order valence-corrected chi connectivity index (χ3v) is 2.58. The first kappa shape index (κ1) is 13.7. The van der Waals surface area contributed by atoms with Crippen LogP contribution in [0.15, 0.2) is 42.7 Å². The molecule has 0 atom stereocenters. The molecule has 0 aromatic carbocycles. The fraction of sp³-hybridized carbons (Fsp3) is 0.143. The quantitative estimate of drug-likeness (QED) is 0.845. The van der Waals surface area contributed by atoms with Gasteiger partial charge in [0.15, 0.2) is 0 Å². The Labute approximate surface area is 115 Å². The van der Waals surface area contributed by atoms with E-state index in [0.29, 0.717) is 6.54 Å². The van der Waals surface area contributed by atoms with Gasteiger partial charge in [0.25, 0.3) is 5.91 Å². The second-order valence-corrected chi connectivity index (χ2v) is 3.94. The normalized spacial score (nSPS) is 9.85. The molecule has 0 spiro atoms. The van der Waals surface area contributed by atoms with Gasteiger partial charge in [0.05, 0.1) is 7.11 Å². The van der Waals surface area contributed by atoms with Gasteiger partial charge >= 0.3 is 5.97 Å². The van der Waals surface area contributed by atoms with Crippen LogP contribution >= 0.6 is 0 Å². The van der Waals surface area contributed by atoms with E-state index in [9.17, 15) is 9.59 Å². The number of hydrogen-bond donors (Lipinski definition) is 1. The van der Waals surface area contributed by atoms with Crippen LogP contribution in [0.3, 0.4) is 0 Å². The van der Waals surface area contributed by atoms with Crippen molar-refractivity contribution in [3.05, 3.63) is 59.7 Å². The number of carbonyl (C=O) groups is 2. The molecule has 2 heterocycles. The average Bonchev–Trinajstić information content (AvgIpc) is 2.53. The molecule has 0 aliphatic heterocycles. The van der Waals surface area contributed by atoms with Crippen LogP contribution in [0.25, 0.3) is 0 Å². The number of hydrogen-bond acceptors (Lipinski definition) is 5. The number of nitrogens with zero attached hydrogens (tertiary/aromatic N) is 2. The standard InChI is InChI=1S/C14H13N3O3/c1-20-14(19)12-4-2-3-11(17-12)13(18)16-9-10-5-7-15-8-6-10/h2-8H,9H2,1H3,(H,16,18). The number of ether oxygens (including phenoxy) is 1. The zero-order valence-corrected chi connectivity index (χ0v) is 10.9. The van der Waals surface area contributed by atoms with Gasteiger partial charge in [0.1, 0.15) is 11.4 Å². The smallest absolute Gasteiger partial charge is 0.356 e. The zero-order chi connectivity index (χ0) is 14.4. The summed E-state index contributed by atoms with van der Waals surface area (Å²) in [6, 6.07) is 8.22. The molecule has 0 aliphatic rings. The van der Waals surface area contributed by atoms with E-state index in [4.69, 9.17) is 0 Å². The highest BCUT2D eigenvalue weighted by Crippen LogP contribution is 2.02. The predicted molar refractivity (Wildman–Crippen MR) is 71.0 cm³/mol. The third-order valence-electron chi connectivity index (χ3n) is 2.58. The number of carbonyl (C=O) groups excluding carboxylic acids is 2. The van der Waals surface area contributed by atoms with Gasteiger partial charge in [0.2, 0.25) is 0 Å². The van der Waals surface area contributed by atoms with Gasteiger partial charge < -0.3 is 10.1 Å². The van der Waals surface area contributed by atoms with E-state index >= 15 is 0 Å². The van der Waals surface area contributed by atoms with Gasteiger partial charge in [-0.05, 0) is 29.8 Å². The third kappa shape index (κ3) is 3.38. The minimum absolute atomic E-state index is 0.101. The van der Waals surface area contributed by atoms with E-state index in [1.165, 1.54) is 19.2 Å². The Morgan fingerprint density at radius 3 is 2.55 bits per heavy atom. The summed E-state index contributed by atoms with van der Waals surface area (Å²) in [5, 5.41) is 2.72. The molecule has 0 radical (unpaired) electrons. The fourth-order valence-corrected chi connectivity index (χ4v) is 1.55. The summed E-state index contributed by atoms with van der Waals surface area (Å²) in [6.07, 6.45) is 3.30. The number of aromatic nitrogens is 2. The Morgan fingerprint density at radius 1 is 1.15 bits per heavy atom. The minimum Gasteiger partial charge on any atom is -0.464 e. The molecule has 0 saturated heterocycles. The lowest BCUT2D eigenvalue weighted by atomic mass is 10.2. The fourth-order valence-electron chi connectivity index (χ4n) is 1.55. The summed E-state index contributed by atoms with van der Waals surface area (Å²) in [6.45, 7) is 0.367. The Balaban J connectivity index is 2.04. The maximum Gasteiger partial charge on any atom is 0.356 e. The van der Waals surface area contributed by atoms with E-state index in [1.54, 1.807) is 30.6 Å². The van der Waals surface area contributed by atoms with E-state index in [2.05, 4.69) is 20.0 Å². The molecular weight excluding hydrogens is 258 g/mol. The van der Waals surface area contributed by atoms with Gasteiger partial charge in [-0.15, -0.1) is 0 Å². The lowest BCUT2D eigenvalue weighted by Gasteiger charge is -2.05. The van der Waals surface area contributed by atoms with E-state index in [-0.39, 0.29) is 17.3 Å². The number of methoxy groups -OCH3 is 1. The molecule has 0 unspecified atom stereocenters. The van der Waals surface area contributed by atoms with Crippen LogP contribution in [0.1, 0.15) is 26.5 Å². The van der Waals surface area contributed by atoms with Crippen molar-refractivity contribution < 1.29 is 14.3 Å². The highest BCUT2D eigenvalue weighted by Gasteiger charge is 2.12. The molecule has 0 saturated carbocycles. The van der Waals surface area contributed by atoms with E-state index in [1.807, 2.05) is 0 Å². The maximum atomic E-state index is 11.9. The van der Waals surface area contributed by atoms with Gasteiger partial charge in [-0.3, -0.25) is 9.78 Å². The summed E-state index contributed by atoms with van der Waals surface area (Å²) >= 11 is 0. The second-order valence-electron chi connectivity index (χ2n) is 3.94. The molecule has 6 nitrogen and oxygen atoms in total. The first-order chi connectivity index (χ1) is 9.70. The van der Waals surface area contributed by atoms with Crippen molar-refractivity contribution in [1.29, 1.82) is 0 Å². The molecular formula is C14H13N3O3. The summed E-state index contributed by atoms with van der Waals surface area (Å²) in [7, 11) is 1.26. The SMILES string of the molecule is COC(=O)c1cccc(C(=O)NCc2ccncc2)n1. The summed E-state index contributed by atoms with van der Waals surface area (Å²) in [5.41, 5.74) is 1.20. The molecule has 20 heavy (non-hydrogen) atoms. The summed E-state index contributed by atoms with van der Waals surface area (Å²) < 4.78 is 4.56. The van der Waals surface area contributed by atoms with Gasteiger partial charge in [-0.1, -0.05) is 6.07 Å². The minimum atomic E-state index is -0.575. The average molecular weight is 271 g/mol. The first-order valence-corrected chi connectivity index (χ1v) is 5.93. The van der Waals surface area contributed by atoms with E-state index < -0.39 is 5.97 Å². The molecule has 0 aliphatic carbocycles. The van der Waals surface area contributed by atoms with Crippen molar-refractivity contribution in [3.63, 3.8) is 0 Å². The molecule has 0 fully saturated rings. The lowest BCUT2D eigenvalue weighted by molar-refractivity contribution is 0.0594. The number of rotatable bonds is 4. The molecule has 2 rings (SSSR count). The topological polar surface area (TPSA) is 81.2 Å².